The number of rotatable bonds is 2. The summed E-state index contributed by atoms with van der Waals surface area (Å²) in [5.41, 5.74) is 0.856. The quantitative estimate of drug-likeness (QED) is 0.612. The van der Waals surface area contributed by atoms with Gasteiger partial charge in [0.05, 0.1) is 0 Å². The Hall–Kier alpha value is -0.590. The number of carbonyl (C=O) groups is 1. The van der Waals surface area contributed by atoms with Gasteiger partial charge in [0.15, 0.2) is 0 Å². The van der Waals surface area contributed by atoms with Crippen LogP contribution in [0.15, 0.2) is 12.2 Å². The predicted molar refractivity (Wildman–Crippen MR) is 60.2 cm³/mol. The van der Waals surface area contributed by atoms with E-state index in [4.69, 9.17) is 0 Å². The molecule has 0 spiro atoms. The maximum Gasteiger partial charge on any atom is 0.144 e. The Kier molecular flexibility index (Phi) is 2.89. The molecule has 80 valence electrons. The van der Waals surface area contributed by atoms with Crippen LogP contribution in [0.5, 0.6) is 0 Å². The van der Waals surface area contributed by atoms with Crippen molar-refractivity contribution >= 4 is 5.78 Å². The zero-order chi connectivity index (χ0) is 11.0. The van der Waals surface area contributed by atoms with Crippen molar-refractivity contribution in [3.63, 3.8) is 0 Å². The van der Waals surface area contributed by atoms with Gasteiger partial charge in [-0.15, -0.1) is 6.58 Å². The molecule has 1 heteroatoms. The topological polar surface area (TPSA) is 17.1 Å². The lowest BCUT2D eigenvalue weighted by molar-refractivity contribution is -0.140. The van der Waals surface area contributed by atoms with E-state index in [2.05, 4.69) is 27.4 Å². The molecule has 0 heterocycles. The maximum atomic E-state index is 12.3. The van der Waals surface area contributed by atoms with E-state index < -0.39 is 0 Å². The highest BCUT2D eigenvalue weighted by atomic mass is 16.1. The van der Waals surface area contributed by atoms with Gasteiger partial charge in [-0.05, 0) is 26.2 Å². The molecule has 0 aromatic rings. The van der Waals surface area contributed by atoms with Crippen LogP contribution < -0.4 is 0 Å². The average Bonchev–Trinajstić information content (AvgIpc) is 1.98. The first-order valence-corrected chi connectivity index (χ1v) is 5.47. The first kappa shape index (κ1) is 11.5. The van der Waals surface area contributed by atoms with Crippen molar-refractivity contribution in [3.8, 4) is 0 Å². The third kappa shape index (κ3) is 2.08. The van der Waals surface area contributed by atoms with Gasteiger partial charge in [0.2, 0.25) is 0 Å². The number of carbonyl (C=O) groups excluding carboxylic acids is 1. The fourth-order valence-electron chi connectivity index (χ4n) is 2.80. The molecule has 1 aliphatic rings. The summed E-state index contributed by atoms with van der Waals surface area (Å²) in [7, 11) is 0. The molecule has 0 saturated heterocycles. The molecule has 0 amide bonds. The molecule has 1 unspecified atom stereocenters. The van der Waals surface area contributed by atoms with Crippen molar-refractivity contribution in [2.45, 2.75) is 53.4 Å². The molecule has 0 aliphatic heterocycles. The van der Waals surface area contributed by atoms with Gasteiger partial charge in [0, 0.05) is 10.8 Å². The monoisotopic (exact) mass is 194 g/mol. The Morgan fingerprint density at radius 1 is 1.36 bits per heavy atom. The molecule has 0 aromatic carbocycles. The van der Waals surface area contributed by atoms with Crippen molar-refractivity contribution in [2.24, 2.45) is 10.8 Å². The van der Waals surface area contributed by atoms with E-state index in [1.165, 1.54) is 6.42 Å². The zero-order valence-corrected chi connectivity index (χ0v) is 9.94. The third-order valence-electron chi connectivity index (χ3n) is 3.39. The summed E-state index contributed by atoms with van der Waals surface area (Å²) in [6.45, 7) is 12.2. The molecule has 1 aliphatic carbocycles. The first-order valence-electron chi connectivity index (χ1n) is 5.47. The predicted octanol–water partition coefficient (Wildman–Crippen LogP) is 3.74. The van der Waals surface area contributed by atoms with E-state index in [9.17, 15) is 4.79 Å². The molecule has 0 bridgehead atoms. The van der Waals surface area contributed by atoms with Crippen LogP contribution in [-0.2, 0) is 4.79 Å². The zero-order valence-electron chi connectivity index (χ0n) is 9.94. The molecule has 1 rings (SSSR count). The second-order valence-electron chi connectivity index (χ2n) is 5.76. The highest BCUT2D eigenvalue weighted by Crippen LogP contribution is 2.45. The van der Waals surface area contributed by atoms with Crippen molar-refractivity contribution in [2.75, 3.05) is 0 Å². The van der Waals surface area contributed by atoms with E-state index in [1.807, 2.05) is 6.92 Å². The van der Waals surface area contributed by atoms with Crippen molar-refractivity contribution in [3.05, 3.63) is 12.2 Å². The minimum absolute atomic E-state index is 0.123. The Labute approximate surface area is 87.6 Å². The average molecular weight is 194 g/mol. The van der Waals surface area contributed by atoms with Crippen LogP contribution in [-0.4, -0.2) is 5.78 Å². The number of hydrogen-bond donors (Lipinski definition) is 0. The normalized spacial score (nSPS) is 31.6. The third-order valence-corrected chi connectivity index (χ3v) is 3.39. The molecule has 1 saturated carbocycles. The van der Waals surface area contributed by atoms with Crippen molar-refractivity contribution in [1.29, 1.82) is 0 Å². The van der Waals surface area contributed by atoms with Gasteiger partial charge in [0.1, 0.15) is 5.78 Å². The highest BCUT2D eigenvalue weighted by molar-refractivity contribution is 5.90. The van der Waals surface area contributed by atoms with Crippen LogP contribution in [0.2, 0.25) is 0 Å². The van der Waals surface area contributed by atoms with Gasteiger partial charge in [-0.2, -0.15) is 0 Å². The van der Waals surface area contributed by atoms with E-state index in [0.717, 1.165) is 24.8 Å². The molecular formula is C13H22O. The fourth-order valence-corrected chi connectivity index (χ4v) is 2.80. The van der Waals surface area contributed by atoms with Gasteiger partial charge in [-0.1, -0.05) is 32.8 Å². The summed E-state index contributed by atoms with van der Waals surface area (Å²) in [4.78, 5) is 12.3. The number of Topliss-reactive ketones (excluding diaryl/α,β-unsaturated/α-hetero) is 1. The minimum Gasteiger partial charge on any atom is -0.298 e. The van der Waals surface area contributed by atoms with Crippen molar-refractivity contribution in [1.82, 2.24) is 0 Å². The van der Waals surface area contributed by atoms with Gasteiger partial charge in [-0.3, -0.25) is 4.79 Å². The summed E-state index contributed by atoms with van der Waals surface area (Å²) in [5.74, 6) is 0.430. The summed E-state index contributed by atoms with van der Waals surface area (Å²) < 4.78 is 0. The second-order valence-corrected chi connectivity index (χ2v) is 5.76. The van der Waals surface area contributed by atoms with Crippen LogP contribution in [0, 0.1) is 10.8 Å². The lowest BCUT2D eigenvalue weighted by Gasteiger charge is -2.41. The Morgan fingerprint density at radius 3 is 2.43 bits per heavy atom. The van der Waals surface area contributed by atoms with Gasteiger partial charge < -0.3 is 0 Å². The lowest BCUT2D eigenvalue weighted by atomic mass is 9.61. The summed E-state index contributed by atoms with van der Waals surface area (Å²) >= 11 is 0. The highest BCUT2D eigenvalue weighted by Gasteiger charge is 2.44. The van der Waals surface area contributed by atoms with Crippen molar-refractivity contribution < 1.29 is 4.79 Å². The molecule has 0 N–H and O–H groups in total. The number of hydrogen-bond acceptors (Lipinski definition) is 1. The number of allylic oxidation sites excluding steroid dienone is 1. The van der Waals surface area contributed by atoms with Crippen LogP contribution in [0.4, 0.5) is 0 Å². The fraction of sp³-hybridized carbons (Fsp3) is 0.769. The Bertz CT molecular complexity index is 262. The Balaban J connectivity index is 2.88. The van der Waals surface area contributed by atoms with E-state index >= 15 is 0 Å². The standard InChI is InChI=1S/C13H22O/c1-10(2)9-13(5)8-6-7-12(3,4)11(13)14/h1,6-9H2,2-5H3. The Morgan fingerprint density at radius 2 is 1.93 bits per heavy atom. The SMILES string of the molecule is C=C(C)CC1(C)CCCC(C)(C)C1=O. The smallest absolute Gasteiger partial charge is 0.144 e. The van der Waals surface area contributed by atoms with Crippen LogP contribution in [0.3, 0.4) is 0 Å². The molecule has 1 fully saturated rings. The molecule has 1 atom stereocenters. The summed E-state index contributed by atoms with van der Waals surface area (Å²) in [6.07, 6.45) is 4.09. The molecule has 14 heavy (non-hydrogen) atoms. The van der Waals surface area contributed by atoms with E-state index in [0.29, 0.717) is 5.78 Å². The van der Waals surface area contributed by atoms with Crippen LogP contribution in [0.1, 0.15) is 53.4 Å². The summed E-state index contributed by atoms with van der Waals surface area (Å²) in [6, 6.07) is 0. The lowest BCUT2D eigenvalue weighted by Crippen LogP contribution is -2.42. The molecule has 0 aromatic heterocycles. The van der Waals surface area contributed by atoms with E-state index in [1.54, 1.807) is 0 Å². The molecular weight excluding hydrogens is 172 g/mol. The van der Waals surface area contributed by atoms with Gasteiger partial charge in [0.25, 0.3) is 0 Å². The van der Waals surface area contributed by atoms with Crippen LogP contribution >= 0.6 is 0 Å². The van der Waals surface area contributed by atoms with Crippen LogP contribution in [0.25, 0.3) is 0 Å². The van der Waals surface area contributed by atoms with E-state index in [-0.39, 0.29) is 10.8 Å². The number of ketones is 1. The minimum atomic E-state index is -0.145. The first-order chi connectivity index (χ1) is 6.28. The van der Waals surface area contributed by atoms with Gasteiger partial charge in [-0.25, -0.2) is 0 Å². The maximum absolute atomic E-state index is 12.3. The largest absolute Gasteiger partial charge is 0.298 e. The molecule has 1 nitrogen and oxygen atoms in total. The molecule has 0 radical (unpaired) electrons. The summed E-state index contributed by atoms with van der Waals surface area (Å²) in [5, 5.41) is 0. The second kappa shape index (κ2) is 3.52. The van der Waals surface area contributed by atoms with Gasteiger partial charge >= 0.3 is 0 Å².